The highest BCUT2D eigenvalue weighted by molar-refractivity contribution is 7.09. The van der Waals surface area contributed by atoms with Gasteiger partial charge in [-0.05, 0) is 31.5 Å². The number of nitriles is 1. The van der Waals surface area contributed by atoms with E-state index in [9.17, 15) is 4.79 Å². The lowest BCUT2D eigenvalue weighted by molar-refractivity contribution is 0.237. The van der Waals surface area contributed by atoms with Crippen molar-refractivity contribution in [2.24, 2.45) is 0 Å². The first-order valence-electron chi connectivity index (χ1n) is 6.54. The molecule has 5 nitrogen and oxygen atoms in total. The maximum atomic E-state index is 11.8. The van der Waals surface area contributed by atoms with Gasteiger partial charge in [-0.3, -0.25) is 0 Å². The molecule has 0 bridgehead atoms. The summed E-state index contributed by atoms with van der Waals surface area (Å²) in [6.07, 6.45) is 0. The van der Waals surface area contributed by atoms with E-state index >= 15 is 0 Å². The summed E-state index contributed by atoms with van der Waals surface area (Å²) < 4.78 is 0. The van der Waals surface area contributed by atoms with Crippen LogP contribution in [0, 0.1) is 18.3 Å². The van der Waals surface area contributed by atoms with Gasteiger partial charge in [0.15, 0.2) is 0 Å². The van der Waals surface area contributed by atoms with Crippen LogP contribution < -0.4 is 10.6 Å². The van der Waals surface area contributed by atoms with E-state index < -0.39 is 0 Å². The first-order chi connectivity index (χ1) is 10.1. The van der Waals surface area contributed by atoms with Crippen molar-refractivity contribution < 1.29 is 4.79 Å². The first kappa shape index (κ1) is 15.0. The first-order valence-corrected chi connectivity index (χ1v) is 7.42. The molecule has 21 heavy (non-hydrogen) atoms. The monoisotopic (exact) mass is 300 g/mol. The molecular formula is C15H16N4OS. The molecule has 0 aliphatic rings. The van der Waals surface area contributed by atoms with Crippen LogP contribution in [0.25, 0.3) is 0 Å². The van der Waals surface area contributed by atoms with Crippen molar-refractivity contribution in [1.29, 1.82) is 5.26 Å². The second-order valence-corrected chi connectivity index (χ2v) is 5.61. The number of rotatable bonds is 4. The van der Waals surface area contributed by atoms with Gasteiger partial charge < -0.3 is 10.6 Å². The average Bonchev–Trinajstić information content (AvgIpc) is 2.91. The molecular weight excluding hydrogens is 284 g/mol. The molecule has 0 aliphatic heterocycles. The number of carbonyl (C=O) groups excluding carboxylic acids is 1. The third-order valence-corrected chi connectivity index (χ3v) is 3.92. The van der Waals surface area contributed by atoms with Gasteiger partial charge in [-0.1, -0.05) is 12.1 Å². The summed E-state index contributed by atoms with van der Waals surface area (Å²) in [5, 5.41) is 17.2. The van der Waals surface area contributed by atoms with E-state index in [0.717, 1.165) is 16.3 Å². The maximum Gasteiger partial charge on any atom is 0.315 e. The third-order valence-electron chi connectivity index (χ3n) is 2.95. The normalized spacial score (nSPS) is 11.5. The van der Waals surface area contributed by atoms with Gasteiger partial charge >= 0.3 is 6.03 Å². The van der Waals surface area contributed by atoms with Crippen LogP contribution in [0.15, 0.2) is 29.6 Å². The highest BCUT2D eigenvalue weighted by atomic mass is 32.1. The number of nitrogens with one attached hydrogen (secondary N) is 2. The minimum atomic E-state index is -0.236. The van der Waals surface area contributed by atoms with E-state index in [-0.39, 0.29) is 12.1 Å². The Labute approximate surface area is 127 Å². The van der Waals surface area contributed by atoms with E-state index in [2.05, 4.69) is 21.7 Å². The Kier molecular flexibility index (Phi) is 4.90. The number of hydrogen-bond acceptors (Lipinski definition) is 4. The van der Waals surface area contributed by atoms with Crippen LogP contribution in [0.4, 0.5) is 4.79 Å². The number of nitrogens with zero attached hydrogens (tertiary/aromatic N) is 2. The molecule has 1 aromatic carbocycles. The fourth-order valence-electron chi connectivity index (χ4n) is 1.82. The van der Waals surface area contributed by atoms with Gasteiger partial charge in [0, 0.05) is 11.1 Å². The predicted octanol–water partition coefficient (Wildman–Crippen LogP) is 2.88. The minimum absolute atomic E-state index is 0.129. The van der Waals surface area contributed by atoms with E-state index in [0.29, 0.717) is 12.1 Å². The number of carbonyl (C=O) groups is 1. The van der Waals surface area contributed by atoms with Gasteiger partial charge in [-0.25, -0.2) is 9.78 Å². The molecule has 108 valence electrons. The molecule has 1 aromatic heterocycles. The number of urea groups is 1. The van der Waals surface area contributed by atoms with Crippen molar-refractivity contribution in [3.8, 4) is 6.07 Å². The van der Waals surface area contributed by atoms with Gasteiger partial charge in [0.05, 0.1) is 24.2 Å². The lowest BCUT2D eigenvalue weighted by Gasteiger charge is -2.14. The second-order valence-electron chi connectivity index (χ2n) is 4.67. The van der Waals surface area contributed by atoms with Gasteiger partial charge in [0.1, 0.15) is 5.01 Å². The quantitative estimate of drug-likeness (QED) is 0.911. The smallest absolute Gasteiger partial charge is 0.315 e. The van der Waals surface area contributed by atoms with Crippen molar-refractivity contribution in [2.75, 3.05) is 0 Å². The zero-order chi connectivity index (χ0) is 15.2. The fraction of sp³-hybridized carbons (Fsp3) is 0.267. The molecule has 0 radical (unpaired) electrons. The highest BCUT2D eigenvalue weighted by Crippen LogP contribution is 2.13. The topological polar surface area (TPSA) is 77.8 Å². The fourth-order valence-corrected chi connectivity index (χ4v) is 2.53. The van der Waals surface area contributed by atoms with Gasteiger partial charge in [-0.2, -0.15) is 5.26 Å². The Hall–Kier alpha value is -2.39. The Bertz CT molecular complexity index is 657. The minimum Gasteiger partial charge on any atom is -0.332 e. The number of thiazole rings is 1. The molecule has 0 saturated carbocycles. The van der Waals surface area contributed by atoms with Crippen LogP contribution in [-0.4, -0.2) is 11.0 Å². The molecule has 2 rings (SSSR count). The number of amides is 2. The largest absolute Gasteiger partial charge is 0.332 e. The molecule has 6 heteroatoms. The number of aromatic nitrogens is 1. The number of benzene rings is 1. The molecule has 2 aromatic rings. The van der Waals surface area contributed by atoms with Crippen LogP contribution in [0.1, 0.15) is 34.8 Å². The van der Waals surface area contributed by atoms with E-state index in [4.69, 9.17) is 5.26 Å². The Balaban J connectivity index is 1.85. The highest BCUT2D eigenvalue weighted by Gasteiger charge is 2.09. The van der Waals surface area contributed by atoms with Crippen molar-refractivity contribution in [3.05, 3.63) is 51.5 Å². The van der Waals surface area contributed by atoms with Crippen LogP contribution in [0.2, 0.25) is 0 Å². The zero-order valence-corrected chi connectivity index (χ0v) is 12.7. The van der Waals surface area contributed by atoms with E-state index in [1.807, 2.05) is 31.4 Å². The van der Waals surface area contributed by atoms with Crippen molar-refractivity contribution in [3.63, 3.8) is 0 Å². The second kappa shape index (κ2) is 6.86. The Morgan fingerprint density at radius 3 is 2.71 bits per heavy atom. The van der Waals surface area contributed by atoms with Crippen LogP contribution in [0.5, 0.6) is 0 Å². The summed E-state index contributed by atoms with van der Waals surface area (Å²) in [7, 11) is 0. The lowest BCUT2D eigenvalue weighted by Crippen LogP contribution is -2.36. The summed E-state index contributed by atoms with van der Waals surface area (Å²) in [6.45, 7) is 4.24. The summed E-state index contributed by atoms with van der Waals surface area (Å²) in [6, 6.07) is 8.87. The van der Waals surface area contributed by atoms with Crippen molar-refractivity contribution >= 4 is 17.4 Å². The molecule has 0 aliphatic carbocycles. The molecule has 2 N–H and O–H groups in total. The SMILES string of the molecule is Cc1csc(CNC(=O)N[C@@H](C)c2ccc(C#N)cc2)n1. The molecule has 0 unspecified atom stereocenters. The summed E-state index contributed by atoms with van der Waals surface area (Å²) in [5.41, 5.74) is 2.52. The molecule has 0 fully saturated rings. The molecule has 1 heterocycles. The predicted molar refractivity (Wildman–Crippen MR) is 81.8 cm³/mol. The Morgan fingerprint density at radius 1 is 1.43 bits per heavy atom. The summed E-state index contributed by atoms with van der Waals surface area (Å²) in [4.78, 5) is 16.1. The third kappa shape index (κ3) is 4.29. The van der Waals surface area contributed by atoms with Gasteiger partial charge in [0.2, 0.25) is 0 Å². The van der Waals surface area contributed by atoms with E-state index in [1.165, 1.54) is 11.3 Å². The summed E-state index contributed by atoms with van der Waals surface area (Å²) >= 11 is 1.53. The van der Waals surface area contributed by atoms with Crippen LogP contribution in [0.3, 0.4) is 0 Å². The van der Waals surface area contributed by atoms with Gasteiger partial charge in [0.25, 0.3) is 0 Å². The number of hydrogen-bond donors (Lipinski definition) is 2. The van der Waals surface area contributed by atoms with Crippen molar-refractivity contribution in [1.82, 2.24) is 15.6 Å². The molecule has 1 atom stereocenters. The molecule has 2 amide bonds. The number of aryl methyl sites for hydroxylation is 1. The lowest BCUT2D eigenvalue weighted by atomic mass is 10.1. The standard InChI is InChI=1S/C15H16N4OS/c1-10-9-21-14(18-10)8-17-15(20)19-11(2)13-5-3-12(7-16)4-6-13/h3-6,9,11H,8H2,1-2H3,(H2,17,19,20)/t11-/m0/s1. The van der Waals surface area contributed by atoms with Crippen molar-refractivity contribution in [2.45, 2.75) is 26.4 Å². The Morgan fingerprint density at radius 2 is 2.14 bits per heavy atom. The molecule has 0 saturated heterocycles. The van der Waals surface area contributed by atoms with Gasteiger partial charge in [-0.15, -0.1) is 11.3 Å². The maximum absolute atomic E-state index is 11.8. The average molecular weight is 300 g/mol. The summed E-state index contributed by atoms with van der Waals surface area (Å²) in [5.74, 6) is 0. The molecule has 0 spiro atoms. The van der Waals surface area contributed by atoms with Crippen LogP contribution >= 0.6 is 11.3 Å². The van der Waals surface area contributed by atoms with Crippen LogP contribution in [-0.2, 0) is 6.54 Å². The van der Waals surface area contributed by atoms with E-state index in [1.54, 1.807) is 12.1 Å². The zero-order valence-electron chi connectivity index (χ0n) is 11.9.